The third-order valence-electron chi connectivity index (χ3n) is 3.94. The van der Waals surface area contributed by atoms with E-state index in [4.69, 9.17) is 9.47 Å². The smallest absolute Gasteiger partial charge is 0.356 e. The van der Waals surface area contributed by atoms with Gasteiger partial charge in [0.15, 0.2) is 0 Å². The van der Waals surface area contributed by atoms with Gasteiger partial charge < -0.3 is 14.0 Å². The summed E-state index contributed by atoms with van der Waals surface area (Å²) >= 11 is 0. The molecular weight excluding hydrogens is 296 g/mol. The van der Waals surface area contributed by atoms with Gasteiger partial charge in [0.25, 0.3) is 0 Å². The topological polar surface area (TPSA) is 70.4 Å². The molecule has 0 amide bonds. The van der Waals surface area contributed by atoms with E-state index in [1.54, 1.807) is 10.9 Å². The van der Waals surface area contributed by atoms with Gasteiger partial charge in [0.05, 0.1) is 18.6 Å². The number of hydrogen-bond acceptors (Lipinski definition) is 5. The first-order chi connectivity index (χ1) is 11.1. The molecule has 2 aromatic rings. The second kappa shape index (κ2) is 6.64. The van der Waals surface area contributed by atoms with Crippen molar-refractivity contribution in [1.29, 1.82) is 0 Å². The van der Waals surface area contributed by atoms with Crippen molar-refractivity contribution >= 4 is 11.9 Å². The fraction of sp³-hybridized carbons (Fsp3) is 0.353. The zero-order valence-corrected chi connectivity index (χ0v) is 12.8. The fourth-order valence-electron chi connectivity index (χ4n) is 2.61. The number of carbonyl (C=O) groups excluding carboxylic acids is 2. The number of ether oxygens (including phenoxy) is 2. The summed E-state index contributed by atoms with van der Waals surface area (Å²) in [5, 5.41) is 0. The summed E-state index contributed by atoms with van der Waals surface area (Å²) in [5.41, 5.74) is 1.45. The Morgan fingerprint density at radius 3 is 2.91 bits per heavy atom. The van der Waals surface area contributed by atoms with E-state index >= 15 is 0 Å². The average Bonchev–Trinajstić information content (AvgIpc) is 3.21. The van der Waals surface area contributed by atoms with E-state index in [1.807, 2.05) is 37.3 Å². The maximum Gasteiger partial charge on any atom is 0.356 e. The molecule has 0 radical (unpaired) electrons. The fourth-order valence-corrected chi connectivity index (χ4v) is 2.61. The molecule has 0 spiro atoms. The highest BCUT2D eigenvalue weighted by atomic mass is 16.6. The molecule has 2 atom stereocenters. The van der Waals surface area contributed by atoms with E-state index in [0.717, 1.165) is 5.56 Å². The maximum atomic E-state index is 12.3. The summed E-state index contributed by atoms with van der Waals surface area (Å²) in [7, 11) is 0. The number of aromatic nitrogens is 2. The lowest BCUT2D eigenvalue weighted by Crippen LogP contribution is -2.21. The van der Waals surface area contributed by atoms with Gasteiger partial charge in [-0.25, -0.2) is 9.78 Å². The third kappa shape index (κ3) is 3.41. The Morgan fingerprint density at radius 1 is 1.43 bits per heavy atom. The van der Waals surface area contributed by atoms with Crippen molar-refractivity contribution in [2.24, 2.45) is 0 Å². The minimum absolute atomic E-state index is 0.0365. The predicted octanol–water partition coefficient (Wildman–Crippen LogP) is 2.35. The first kappa shape index (κ1) is 15.3. The van der Waals surface area contributed by atoms with E-state index in [9.17, 15) is 9.59 Å². The molecule has 3 rings (SSSR count). The van der Waals surface area contributed by atoms with Crippen LogP contribution in [0, 0.1) is 0 Å². The van der Waals surface area contributed by atoms with Crippen molar-refractivity contribution in [2.75, 3.05) is 6.61 Å². The van der Waals surface area contributed by atoms with E-state index in [0.29, 0.717) is 18.5 Å². The Labute approximate surface area is 134 Å². The van der Waals surface area contributed by atoms with Gasteiger partial charge in [0.2, 0.25) is 0 Å². The van der Waals surface area contributed by atoms with Gasteiger partial charge in [-0.2, -0.15) is 0 Å². The van der Waals surface area contributed by atoms with E-state index in [1.165, 1.54) is 6.20 Å². The van der Waals surface area contributed by atoms with Crippen LogP contribution in [0.15, 0.2) is 42.9 Å². The predicted molar refractivity (Wildman–Crippen MR) is 81.9 cm³/mol. The summed E-state index contributed by atoms with van der Waals surface area (Å²) < 4.78 is 12.1. The molecule has 1 aliphatic rings. The van der Waals surface area contributed by atoms with Crippen LogP contribution in [0.1, 0.15) is 41.9 Å². The van der Waals surface area contributed by atoms with Gasteiger partial charge in [0, 0.05) is 6.42 Å². The third-order valence-corrected chi connectivity index (χ3v) is 3.94. The van der Waals surface area contributed by atoms with Crippen molar-refractivity contribution in [1.82, 2.24) is 9.55 Å². The standard InChI is InChI=1S/C17H18N2O4/c1-12(13-5-3-2-4-6-13)19-11-18-9-15(19)17(21)22-10-14-7-8-16(20)23-14/h2-6,9,11-12,14H,7-8,10H2,1H3/t12-,14+/m1/s1. The number of imidazole rings is 1. The van der Waals surface area contributed by atoms with Crippen LogP contribution in [0.2, 0.25) is 0 Å². The second-order valence-electron chi connectivity index (χ2n) is 5.52. The van der Waals surface area contributed by atoms with Gasteiger partial charge in [-0.05, 0) is 18.9 Å². The van der Waals surface area contributed by atoms with Crippen LogP contribution < -0.4 is 0 Å². The largest absolute Gasteiger partial charge is 0.459 e. The highest BCUT2D eigenvalue weighted by molar-refractivity contribution is 5.87. The molecule has 23 heavy (non-hydrogen) atoms. The highest BCUT2D eigenvalue weighted by Crippen LogP contribution is 2.20. The van der Waals surface area contributed by atoms with Gasteiger partial charge in [-0.15, -0.1) is 0 Å². The van der Waals surface area contributed by atoms with Crippen molar-refractivity contribution < 1.29 is 19.1 Å². The van der Waals surface area contributed by atoms with Crippen molar-refractivity contribution in [3.05, 3.63) is 54.1 Å². The van der Waals surface area contributed by atoms with Crippen molar-refractivity contribution in [3.8, 4) is 0 Å². The van der Waals surface area contributed by atoms with Gasteiger partial charge >= 0.3 is 11.9 Å². The molecule has 1 saturated heterocycles. The van der Waals surface area contributed by atoms with Gasteiger partial charge in [0.1, 0.15) is 18.4 Å². The molecule has 1 fully saturated rings. The van der Waals surface area contributed by atoms with Crippen LogP contribution in [0.4, 0.5) is 0 Å². The van der Waals surface area contributed by atoms with Gasteiger partial charge in [-0.1, -0.05) is 30.3 Å². The SMILES string of the molecule is C[C@H](c1ccccc1)n1cncc1C(=O)OC[C@@H]1CCC(=O)O1. The summed E-state index contributed by atoms with van der Waals surface area (Å²) in [6.45, 7) is 2.07. The Balaban J connectivity index is 1.68. The van der Waals surface area contributed by atoms with Crippen molar-refractivity contribution in [2.45, 2.75) is 31.9 Å². The number of esters is 2. The zero-order chi connectivity index (χ0) is 16.2. The first-order valence-corrected chi connectivity index (χ1v) is 7.58. The average molecular weight is 314 g/mol. The number of nitrogens with zero attached hydrogens (tertiary/aromatic N) is 2. The first-order valence-electron chi connectivity index (χ1n) is 7.58. The Morgan fingerprint density at radius 2 is 2.22 bits per heavy atom. The minimum atomic E-state index is -0.465. The summed E-state index contributed by atoms with van der Waals surface area (Å²) in [6, 6.07) is 9.81. The van der Waals surface area contributed by atoms with Crippen LogP contribution in [0.5, 0.6) is 0 Å². The maximum absolute atomic E-state index is 12.3. The summed E-state index contributed by atoms with van der Waals surface area (Å²) in [5.74, 6) is -0.706. The Hall–Kier alpha value is -2.63. The molecule has 0 aliphatic carbocycles. The molecule has 6 nitrogen and oxygen atoms in total. The van der Waals surface area contributed by atoms with Crippen LogP contribution in [-0.2, 0) is 14.3 Å². The molecule has 0 unspecified atom stereocenters. The number of carbonyl (C=O) groups is 2. The Bertz CT molecular complexity index is 696. The molecule has 1 aromatic carbocycles. The number of benzene rings is 1. The van der Waals surface area contributed by atoms with E-state index in [-0.39, 0.29) is 24.7 Å². The van der Waals surface area contributed by atoms with E-state index < -0.39 is 5.97 Å². The minimum Gasteiger partial charge on any atom is -0.459 e. The molecular formula is C17H18N2O4. The number of cyclic esters (lactones) is 1. The quantitative estimate of drug-likeness (QED) is 0.792. The highest BCUT2D eigenvalue weighted by Gasteiger charge is 2.26. The molecule has 0 saturated carbocycles. The van der Waals surface area contributed by atoms with Crippen LogP contribution in [0.25, 0.3) is 0 Å². The number of hydrogen-bond donors (Lipinski definition) is 0. The molecule has 120 valence electrons. The van der Waals surface area contributed by atoms with E-state index in [2.05, 4.69) is 4.98 Å². The number of rotatable bonds is 5. The molecule has 1 aliphatic heterocycles. The van der Waals surface area contributed by atoms with Crippen LogP contribution in [-0.4, -0.2) is 34.2 Å². The normalized spacial score (nSPS) is 18.5. The van der Waals surface area contributed by atoms with Gasteiger partial charge in [-0.3, -0.25) is 4.79 Å². The second-order valence-corrected chi connectivity index (χ2v) is 5.52. The summed E-state index contributed by atoms with van der Waals surface area (Å²) in [4.78, 5) is 27.4. The Kier molecular flexibility index (Phi) is 4.41. The molecule has 6 heteroatoms. The molecule has 0 bridgehead atoms. The monoisotopic (exact) mass is 314 g/mol. The lowest BCUT2D eigenvalue weighted by Gasteiger charge is -2.17. The van der Waals surface area contributed by atoms with Crippen molar-refractivity contribution in [3.63, 3.8) is 0 Å². The zero-order valence-electron chi connectivity index (χ0n) is 12.8. The van der Waals surface area contributed by atoms with Crippen LogP contribution >= 0.6 is 0 Å². The molecule has 0 N–H and O–H groups in total. The molecule has 1 aromatic heterocycles. The lowest BCUT2D eigenvalue weighted by molar-refractivity contribution is -0.142. The lowest BCUT2D eigenvalue weighted by atomic mass is 10.1. The summed E-state index contributed by atoms with van der Waals surface area (Å²) in [6.07, 6.45) is 3.73. The molecule has 2 heterocycles. The van der Waals surface area contributed by atoms with Crippen LogP contribution in [0.3, 0.4) is 0 Å².